The molecule has 1 N–H and O–H groups in total. The van der Waals surface area contributed by atoms with Gasteiger partial charge < -0.3 is 9.84 Å². The fourth-order valence-electron chi connectivity index (χ4n) is 1.35. The Kier molecular flexibility index (Phi) is 2.32. The normalized spacial score (nSPS) is 41.7. The molecule has 0 aromatic carbocycles. The third kappa shape index (κ3) is 1.70. The van der Waals surface area contributed by atoms with Crippen LogP contribution in [0.4, 0.5) is 0 Å². The first-order valence-corrected chi connectivity index (χ1v) is 3.98. The predicted octanol–water partition coefficient (Wildman–Crippen LogP) is 1.33. The first-order chi connectivity index (χ1) is 4.66. The smallest absolute Gasteiger partial charge is 0.0676 e. The SMILES string of the molecule is CCC1(C)CC(O)CCO1. The third-order valence-corrected chi connectivity index (χ3v) is 2.32. The van der Waals surface area contributed by atoms with Gasteiger partial charge in [-0.2, -0.15) is 0 Å². The molecule has 10 heavy (non-hydrogen) atoms. The third-order valence-electron chi connectivity index (χ3n) is 2.32. The summed E-state index contributed by atoms with van der Waals surface area (Å²) in [5.41, 5.74) is -0.0579. The molecule has 2 nitrogen and oxygen atoms in total. The van der Waals surface area contributed by atoms with Crippen LogP contribution in [0.5, 0.6) is 0 Å². The van der Waals surface area contributed by atoms with Crippen LogP contribution in [-0.2, 0) is 4.74 Å². The number of hydrogen-bond donors (Lipinski definition) is 1. The van der Waals surface area contributed by atoms with Gasteiger partial charge in [0.05, 0.1) is 11.7 Å². The topological polar surface area (TPSA) is 29.5 Å². The van der Waals surface area contributed by atoms with Gasteiger partial charge in [0, 0.05) is 13.0 Å². The Balaban J connectivity index is 2.45. The van der Waals surface area contributed by atoms with E-state index in [9.17, 15) is 5.11 Å². The van der Waals surface area contributed by atoms with E-state index in [1.165, 1.54) is 0 Å². The van der Waals surface area contributed by atoms with Gasteiger partial charge in [-0.1, -0.05) is 6.92 Å². The highest BCUT2D eigenvalue weighted by molar-refractivity contribution is 4.81. The maximum absolute atomic E-state index is 9.30. The first kappa shape index (κ1) is 8.02. The average molecular weight is 144 g/mol. The Morgan fingerprint density at radius 3 is 2.80 bits per heavy atom. The molecule has 1 rings (SSSR count). The molecule has 0 bridgehead atoms. The molecule has 1 heterocycles. The lowest BCUT2D eigenvalue weighted by atomic mass is 9.92. The van der Waals surface area contributed by atoms with E-state index in [0.29, 0.717) is 6.61 Å². The van der Waals surface area contributed by atoms with Crippen molar-refractivity contribution in [2.75, 3.05) is 6.61 Å². The van der Waals surface area contributed by atoms with Gasteiger partial charge >= 0.3 is 0 Å². The predicted molar refractivity (Wildman–Crippen MR) is 39.9 cm³/mol. The molecule has 0 radical (unpaired) electrons. The lowest BCUT2D eigenvalue weighted by Gasteiger charge is -2.35. The van der Waals surface area contributed by atoms with Gasteiger partial charge in [-0.3, -0.25) is 0 Å². The number of rotatable bonds is 1. The molecule has 2 heteroatoms. The van der Waals surface area contributed by atoms with Crippen molar-refractivity contribution in [1.29, 1.82) is 0 Å². The Bertz CT molecular complexity index is 114. The van der Waals surface area contributed by atoms with Crippen molar-refractivity contribution in [2.24, 2.45) is 0 Å². The number of ether oxygens (including phenoxy) is 1. The van der Waals surface area contributed by atoms with Crippen LogP contribution >= 0.6 is 0 Å². The van der Waals surface area contributed by atoms with Crippen molar-refractivity contribution in [3.8, 4) is 0 Å². The van der Waals surface area contributed by atoms with E-state index < -0.39 is 0 Å². The van der Waals surface area contributed by atoms with E-state index in [1.807, 2.05) is 0 Å². The van der Waals surface area contributed by atoms with Crippen molar-refractivity contribution in [3.63, 3.8) is 0 Å². The summed E-state index contributed by atoms with van der Waals surface area (Å²) in [4.78, 5) is 0. The van der Waals surface area contributed by atoms with Gasteiger partial charge in [0.25, 0.3) is 0 Å². The second-order valence-corrected chi connectivity index (χ2v) is 3.30. The summed E-state index contributed by atoms with van der Waals surface area (Å²) in [5, 5.41) is 9.30. The molecule has 0 aromatic heterocycles. The Labute approximate surface area is 62.2 Å². The lowest BCUT2D eigenvalue weighted by Crippen LogP contribution is -2.38. The minimum atomic E-state index is -0.140. The summed E-state index contributed by atoms with van der Waals surface area (Å²) < 4.78 is 5.52. The molecule has 2 unspecified atom stereocenters. The van der Waals surface area contributed by atoms with Gasteiger partial charge in [-0.15, -0.1) is 0 Å². The van der Waals surface area contributed by atoms with Gasteiger partial charge in [0.15, 0.2) is 0 Å². The van der Waals surface area contributed by atoms with Crippen molar-refractivity contribution >= 4 is 0 Å². The molecule has 0 aliphatic carbocycles. The number of aliphatic hydroxyl groups excluding tert-OH is 1. The minimum Gasteiger partial charge on any atom is -0.393 e. The Morgan fingerprint density at radius 1 is 1.70 bits per heavy atom. The monoisotopic (exact) mass is 144 g/mol. The maximum Gasteiger partial charge on any atom is 0.0676 e. The number of aliphatic hydroxyl groups is 1. The van der Waals surface area contributed by atoms with E-state index in [4.69, 9.17) is 4.74 Å². The van der Waals surface area contributed by atoms with E-state index in [2.05, 4.69) is 13.8 Å². The van der Waals surface area contributed by atoms with E-state index in [0.717, 1.165) is 19.3 Å². The summed E-state index contributed by atoms with van der Waals surface area (Å²) in [6.45, 7) is 4.87. The standard InChI is InChI=1S/C8H16O2/c1-3-8(2)6-7(9)4-5-10-8/h7,9H,3-6H2,1-2H3. The second kappa shape index (κ2) is 2.89. The zero-order valence-electron chi connectivity index (χ0n) is 6.76. The largest absolute Gasteiger partial charge is 0.393 e. The van der Waals surface area contributed by atoms with Gasteiger partial charge in [0.1, 0.15) is 0 Å². The molecule has 1 aliphatic heterocycles. The zero-order valence-corrected chi connectivity index (χ0v) is 6.76. The fraction of sp³-hybridized carbons (Fsp3) is 1.00. The summed E-state index contributed by atoms with van der Waals surface area (Å²) in [6.07, 6.45) is 2.45. The summed E-state index contributed by atoms with van der Waals surface area (Å²) >= 11 is 0. The zero-order chi connectivity index (χ0) is 7.61. The molecule has 0 aromatic rings. The summed E-state index contributed by atoms with van der Waals surface area (Å²) in [7, 11) is 0. The van der Waals surface area contributed by atoms with Gasteiger partial charge in [0.2, 0.25) is 0 Å². The molecule has 1 saturated heterocycles. The van der Waals surface area contributed by atoms with Crippen LogP contribution in [-0.4, -0.2) is 23.4 Å². The molecule has 1 aliphatic rings. The van der Waals surface area contributed by atoms with Crippen LogP contribution in [0.1, 0.15) is 33.1 Å². The van der Waals surface area contributed by atoms with Gasteiger partial charge in [-0.25, -0.2) is 0 Å². The minimum absolute atomic E-state index is 0.0579. The van der Waals surface area contributed by atoms with E-state index in [-0.39, 0.29) is 11.7 Å². The van der Waals surface area contributed by atoms with Crippen molar-refractivity contribution < 1.29 is 9.84 Å². The maximum atomic E-state index is 9.30. The van der Waals surface area contributed by atoms with Crippen molar-refractivity contribution in [2.45, 2.75) is 44.8 Å². The van der Waals surface area contributed by atoms with Crippen LogP contribution < -0.4 is 0 Å². The van der Waals surface area contributed by atoms with Crippen molar-refractivity contribution in [1.82, 2.24) is 0 Å². The lowest BCUT2D eigenvalue weighted by molar-refractivity contribution is -0.109. The quantitative estimate of drug-likeness (QED) is 0.601. The molecule has 1 fully saturated rings. The van der Waals surface area contributed by atoms with Crippen molar-refractivity contribution in [3.05, 3.63) is 0 Å². The van der Waals surface area contributed by atoms with Crippen LogP contribution in [0.2, 0.25) is 0 Å². The first-order valence-electron chi connectivity index (χ1n) is 3.98. The van der Waals surface area contributed by atoms with Crippen LogP contribution in [0.25, 0.3) is 0 Å². The van der Waals surface area contributed by atoms with Gasteiger partial charge in [-0.05, 0) is 19.8 Å². The fourth-order valence-corrected chi connectivity index (χ4v) is 1.35. The molecule has 2 atom stereocenters. The van der Waals surface area contributed by atoms with E-state index >= 15 is 0 Å². The Morgan fingerprint density at radius 2 is 2.40 bits per heavy atom. The molecular formula is C8H16O2. The number of hydrogen-bond acceptors (Lipinski definition) is 2. The van der Waals surface area contributed by atoms with E-state index in [1.54, 1.807) is 0 Å². The van der Waals surface area contributed by atoms with Crippen LogP contribution in [0, 0.1) is 0 Å². The highest BCUT2D eigenvalue weighted by atomic mass is 16.5. The average Bonchev–Trinajstić information content (AvgIpc) is 1.88. The second-order valence-electron chi connectivity index (χ2n) is 3.30. The molecule has 0 saturated carbocycles. The molecule has 0 amide bonds. The molecule has 60 valence electrons. The summed E-state index contributed by atoms with van der Waals surface area (Å²) in [5.74, 6) is 0. The highest BCUT2D eigenvalue weighted by Crippen LogP contribution is 2.27. The molecular weight excluding hydrogens is 128 g/mol. The highest BCUT2D eigenvalue weighted by Gasteiger charge is 2.30. The van der Waals surface area contributed by atoms with Crippen LogP contribution in [0.3, 0.4) is 0 Å². The Hall–Kier alpha value is -0.0800. The summed E-state index contributed by atoms with van der Waals surface area (Å²) in [6, 6.07) is 0. The van der Waals surface area contributed by atoms with Crippen LogP contribution in [0.15, 0.2) is 0 Å². The molecule has 0 spiro atoms.